The van der Waals surface area contributed by atoms with Crippen LogP contribution in [0.3, 0.4) is 0 Å². The molecule has 1 aliphatic heterocycles. The Bertz CT molecular complexity index is 529. The second kappa shape index (κ2) is 6.35. The second-order valence-corrected chi connectivity index (χ2v) is 5.56. The van der Waals surface area contributed by atoms with Gasteiger partial charge in [0.15, 0.2) is 0 Å². The van der Waals surface area contributed by atoms with Crippen LogP contribution in [0.4, 0.5) is 0 Å². The zero-order chi connectivity index (χ0) is 15.6. The largest absolute Gasteiger partial charge is 0.494 e. The van der Waals surface area contributed by atoms with E-state index in [0.717, 1.165) is 29.0 Å². The highest BCUT2D eigenvalue weighted by Gasteiger charge is 2.24. The maximum Gasteiger partial charge on any atom is 0.320 e. The number of ether oxygens (including phenoxy) is 2. The highest BCUT2D eigenvalue weighted by Crippen LogP contribution is 2.35. The Labute approximate surface area is 125 Å². The smallest absolute Gasteiger partial charge is 0.320 e. The summed E-state index contributed by atoms with van der Waals surface area (Å²) in [7, 11) is 1.80. The summed E-state index contributed by atoms with van der Waals surface area (Å²) in [6.07, 6.45) is 1.07. The molecular formula is C16H23NO4. The van der Waals surface area contributed by atoms with Crippen LogP contribution < -0.4 is 9.47 Å². The highest BCUT2D eigenvalue weighted by molar-refractivity contribution is 5.72. The van der Waals surface area contributed by atoms with Gasteiger partial charge in [-0.05, 0) is 40.0 Å². The molecule has 0 fully saturated rings. The van der Waals surface area contributed by atoms with E-state index < -0.39 is 12.0 Å². The number of fused-ring (bicyclic) bond motifs is 1. The number of rotatable bonds is 6. The molecule has 0 amide bonds. The molecule has 1 aromatic rings. The van der Waals surface area contributed by atoms with Crippen LogP contribution in [0, 0.1) is 0 Å². The first-order valence-electron chi connectivity index (χ1n) is 7.30. The topological polar surface area (TPSA) is 59.0 Å². The summed E-state index contributed by atoms with van der Waals surface area (Å²) in [6.45, 7) is 6.75. The van der Waals surface area contributed by atoms with E-state index in [-0.39, 0.29) is 6.10 Å². The van der Waals surface area contributed by atoms with Crippen molar-refractivity contribution in [2.75, 3.05) is 13.7 Å². The first-order chi connectivity index (χ1) is 9.92. The van der Waals surface area contributed by atoms with E-state index in [1.54, 1.807) is 18.9 Å². The predicted molar refractivity (Wildman–Crippen MR) is 80.0 cm³/mol. The summed E-state index contributed by atoms with van der Waals surface area (Å²) in [5.41, 5.74) is 2.11. The number of hydrogen-bond donors (Lipinski definition) is 1. The molecule has 1 aliphatic rings. The number of carboxylic acids is 1. The fraction of sp³-hybridized carbons (Fsp3) is 0.562. The number of carbonyl (C=O) groups is 1. The Kier molecular flexibility index (Phi) is 4.73. The number of likely N-dealkylation sites (N-methyl/N-ethyl adjacent to an activating group) is 1. The number of carboxylic acid groups (broad SMARTS) is 1. The maximum absolute atomic E-state index is 11.1. The molecule has 116 valence electrons. The molecule has 0 radical (unpaired) electrons. The lowest BCUT2D eigenvalue weighted by molar-refractivity contribution is -0.142. The summed E-state index contributed by atoms with van der Waals surface area (Å²) in [5, 5.41) is 9.10. The minimum absolute atomic E-state index is 0.181. The molecule has 2 rings (SSSR count). The van der Waals surface area contributed by atoms with Gasteiger partial charge in [0.25, 0.3) is 0 Å². The highest BCUT2D eigenvalue weighted by atomic mass is 16.5. The molecule has 0 spiro atoms. The molecule has 5 nitrogen and oxygen atoms in total. The third-order valence-corrected chi connectivity index (χ3v) is 3.82. The van der Waals surface area contributed by atoms with Crippen LogP contribution in [0.15, 0.2) is 12.1 Å². The van der Waals surface area contributed by atoms with E-state index >= 15 is 0 Å². The Balaban J connectivity index is 2.25. The lowest BCUT2D eigenvalue weighted by Gasteiger charge is -2.23. The van der Waals surface area contributed by atoms with Crippen molar-refractivity contribution in [3.8, 4) is 11.5 Å². The van der Waals surface area contributed by atoms with Gasteiger partial charge in [-0.15, -0.1) is 0 Å². The predicted octanol–water partition coefficient (Wildman–Crippen LogP) is 2.31. The minimum atomic E-state index is -0.832. The minimum Gasteiger partial charge on any atom is -0.494 e. The van der Waals surface area contributed by atoms with Crippen molar-refractivity contribution < 1.29 is 19.4 Å². The summed E-state index contributed by atoms with van der Waals surface area (Å²) in [4.78, 5) is 12.9. The van der Waals surface area contributed by atoms with Gasteiger partial charge in [0.05, 0.1) is 6.61 Å². The van der Waals surface area contributed by atoms with Crippen LogP contribution in [0.2, 0.25) is 0 Å². The van der Waals surface area contributed by atoms with E-state index in [1.165, 1.54) is 0 Å². The molecule has 1 heterocycles. The second-order valence-electron chi connectivity index (χ2n) is 5.56. The molecule has 0 bridgehead atoms. The van der Waals surface area contributed by atoms with Crippen LogP contribution in [0.1, 0.15) is 31.9 Å². The van der Waals surface area contributed by atoms with Crippen LogP contribution in [-0.4, -0.2) is 41.8 Å². The van der Waals surface area contributed by atoms with E-state index in [2.05, 4.69) is 0 Å². The number of nitrogens with zero attached hydrogens (tertiary/aromatic N) is 1. The average Bonchev–Trinajstić information content (AvgIpc) is 2.77. The number of hydrogen-bond acceptors (Lipinski definition) is 4. The molecular weight excluding hydrogens is 270 g/mol. The van der Waals surface area contributed by atoms with Crippen molar-refractivity contribution in [3.63, 3.8) is 0 Å². The summed E-state index contributed by atoms with van der Waals surface area (Å²) < 4.78 is 11.5. The molecule has 1 aromatic carbocycles. The third-order valence-electron chi connectivity index (χ3n) is 3.82. The molecule has 0 unspecified atom stereocenters. The van der Waals surface area contributed by atoms with Crippen LogP contribution >= 0.6 is 0 Å². The standard InChI is InChI=1S/C16H23NO4/c1-5-20-14-7-12-6-10(2)21-15(12)8-13(14)9-17(4)11(3)16(18)19/h7-8,10-11H,5-6,9H2,1-4H3,(H,18,19)/t10-,11-/m1/s1. The van der Waals surface area contributed by atoms with Crippen LogP contribution in [0.25, 0.3) is 0 Å². The van der Waals surface area contributed by atoms with Crippen LogP contribution in [0.5, 0.6) is 11.5 Å². The quantitative estimate of drug-likeness (QED) is 0.872. The van der Waals surface area contributed by atoms with E-state index in [0.29, 0.717) is 13.2 Å². The fourth-order valence-electron chi connectivity index (χ4n) is 2.49. The van der Waals surface area contributed by atoms with Gasteiger partial charge in [-0.3, -0.25) is 9.69 Å². The average molecular weight is 293 g/mol. The maximum atomic E-state index is 11.1. The molecule has 5 heteroatoms. The Morgan fingerprint density at radius 2 is 2.29 bits per heavy atom. The first-order valence-corrected chi connectivity index (χ1v) is 7.30. The van der Waals surface area contributed by atoms with Crippen molar-refractivity contribution >= 4 is 5.97 Å². The SMILES string of the molecule is CCOc1cc2c(cc1CN(C)[C@H](C)C(=O)O)O[C@H](C)C2. The lowest BCUT2D eigenvalue weighted by Crippen LogP contribution is -2.35. The fourth-order valence-corrected chi connectivity index (χ4v) is 2.49. The van der Waals surface area contributed by atoms with Crippen molar-refractivity contribution in [1.29, 1.82) is 0 Å². The van der Waals surface area contributed by atoms with E-state index in [9.17, 15) is 4.79 Å². The van der Waals surface area contributed by atoms with Gasteiger partial charge >= 0.3 is 5.97 Å². The first kappa shape index (κ1) is 15.6. The molecule has 2 atom stereocenters. The normalized spacial score (nSPS) is 18.2. The zero-order valence-corrected chi connectivity index (χ0v) is 13.0. The van der Waals surface area contributed by atoms with E-state index in [4.69, 9.17) is 14.6 Å². The van der Waals surface area contributed by atoms with Gasteiger partial charge < -0.3 is 14.6 Å². The molecule has 21 heavy (non-hydrogen) atoms. The Morgan fingerprint density at radius 3 is 2.90 bits per heavy atom. The van der Waals surface area contributed by atoms with Gasteiger partial charge in [-0.25, -0.2) is 0 Å². The van der Waals surface area contributed by atoms with Gasteiger partial charge in [-0.1, -0.05) is 0 Å². The number of benzene rings is 1. The summed E-state index contributed by atoms with van der Waals surface area (Å²) in [6, 6.07) is 3.46. The molecule has 0 saturated heterocycles. The Hall–Kier alpha value is -1.75. The summed E-state index contributed by atoms with van der Waals surface area (Å²) in [5.74, 6) is 0.872. The Morgan fingerprint density at radius 1 is 1.57 bits per heavy atom. The molecule has 1 N–H and O–H groups in total. The molecule has 0 saturated carbocycles. The van der Waals surface area contributed by atoms with E-state index in [1.807, 2.05) is 26.0 Å². The number of aliphatic carboxylic acids is 1. The van der Waals surface area contributed by atoms with Gasteiger partial charge in [-0.2, -0.15) is 0 Å². The molecule has 0 aromatic heterocycles. The van der Waals surface area contributed by atoms with Crippen molar-refractivity contribution in [3.05, 3.63) is 23.3 Å². The zero-order valence-electron chi connectivity index (χ0n) is 13.0. The van der Waals surface area contributed by atoms with Gasteiger partial charge in [0.1, 0.15) is 23.6 Å². The van der Waals surface area contributed by atoms with Gasteiger partial charge in [0, 0.05) is 24.1 Å². The van der Waals surface area contributed by atoms with Crippen LogP contribution in [-0.2, 0) is 17.8 Å². The third kappa shape index (κ3) is 3.47. The monoisotopic (exact) mass is 293 g/mol. The molecule has 0 aliphatic carbocycles. The lowest BCUT2D eigenvalue weighted by atomic mass is 10.1. The van der Waals surface area contributed by atoms with Crippen molar-refractivity contribution in [2.24, 2.45) is 0 Å². The summed E-state index contributed by atoms with van der Waals surface area (Å²) >= 11 is 0. The van der Waals surface area contributed by atoms with Gasteiger partial charge in [0.2, 0.25) is 0 Å². The van der Waals surface area contributed by atoms with Crippen molar-refractivity contribution in [1.82, 2.24) is 4.90 Å². The van der Waals surface area contributed by atoms with Crippen molar-refractivity contribution in [2.45, 2.75) is 45.9 Å².